The number of hydrogen-bond donors (Lipinski definition) is 14. The number of fused-ring (bicyclic) bond motifs is 1. The maximum Gasteiger partial charge on any atom is 0.386 e. The number of H-pyrrole nitrogens is 6. The Hall–Kier alpha value is -6.35. The zero-order valence-electron chi connectivity index (χ0n) is 75.8. The van der Waals surface area contributed by atoms with E-state index in [2.05, 4.69) is 131 Å². The van der Waals surface area contributed by atoms with Crippen LogP contribution in [-0.2, 0) is 128 Å². The van der Waals surface area contributed by atoms with E-state index in [0.29, 0.717) is 0 Å². The summed E-state index contributed by atoms with van der Waals surface area (Å²) in [6.45, 7) is -28.0. The van der Waals surface area contributed by atoms with Crippen molar-refractivity contribution >= 4 is 150 Å². The smallest absolute Gasteiger partial charge is 0.382 e. The van der Waals surface area contributed by atoms with Crippen molar-refractivity contribution in [3.63, 3.8) is 0 Å². The summed E-state index contributed by atoms with van der Waals surface area (Å²) >= 11 is 29.7. The van der Waals surface area contributed by atoms with Crippen LogP contribution < -0.4 is 73.2 Å². The van der Waals surface area contributed by atoms with Gasteiger partial charge < -0.3 is 43.4 Å². The van der Waals surface area contributed by atoms with Gasteiger partial charge in [0.15, 0.2) is 11.5 Å². The van der Waals surface area contributed by atoms with Gasteiger partial charge in [-0.15, -0.1) is 0 Å². The molecule has 15 rings (SSSR count). The highest BCUT2D eigenvalue weighted by molar-refractivity contribution is 8.46. The maximum atomic E-state index is 15.0. The molecular formula is C72H96N17O40P7S7. The van der Waals surface area contributed by atoms with Crippen LogP contribution in [0.5, 0.6) is 0 Å². The lowest BCUT2D eigenvalue weighted by Gasteiger charge is -2.27. The Kier molecular flexibility index (Phi) is 34.6. The second-order valence-corrected chi connectivity index (χ2v) is 53.9. The Morgan fingerprint density at radius 1 is 0.315 bits per heavy atom. The van der Waals surface area contributed by atoms with Crippen LogP contribution in [0.25, 0.3) is 11.2 Å². The molecule has 7 saturated heterocycles. The monoisotopic (exact) mass is 2280 g/mol. The topological polar surface area (TPSA) is 712 Å². The summed E-state index contributed by atoms with van der Waals surface area (Å²) in [6, 6.07) is 0. The molecule has 0 spiro atoms. The first-order valence-corrected chi connectivity index (χ1v) is 61.9. The van der Waals surface area contributed by atoms with Crippen molar-refractivity contribution in [1.29, 1.82) is 0 Å². The van der Waals surface area contributed by atoms with Crippen molar-refractivity contribution < 1.29 is 128 Å². The molecule has 0 aromatic carbocycles. The molecule has 7 fully saturated rings. The maximum absolute atomic E-state index is 15.0. The van der Waals surface area contributed by atoms with E-state index >= 15 is 0 Å². The number of anilines is 1. The van der Waals surface area contributed by atoms with E-state index in [9.17, 15) is 89.5 Å². The average Bonchev–Trinajstić information content (AvgIpc) is 1.61. The van der Waals surface area contributed by atoms with Crippen molar-refractivity contribution in [3.8, 4) is 0 Å². The number of aryl methyl sites for hydroxylation is 6. The van der Waals surface area contributed by atoms with Gasteiger partial charge in [0.1, 0.15) is 129 Å². The van der Waals surface area contributed by atoms with Gasteiger partial charge in [0.25, 0.3) is 33.4 Å². The first kappa shape index (κ1) is 111. The molecule has 8 N–H and O–H groups in total. The predicted molar refractivity (Wildman–Crippen MR) is 519 cm³/mol. The molecule has 57 nitrogen and oxygen atoms in total. The summed E-state index contributed by atoms with van der Waals surface area (Å²) in [7, 11) is 1.04. The van der Waals surface area contributed by atoms with Gasteiger partial charge in [-0.3, -0.25) is 149 Å². The number of nitrogen functional groups attached to an aromatic ring is 1. The van der Waals surface area contributed by atoms with Gasteiger partial charge >= 0.3 is 81.7 Å². The van der Waals surface area contributed by atoms with Crippen molar-refractivity contribution in [2.24, 2.45) is 0 Å². The predicted octanol–water partition coefficient (Wildman–Crippen LogP) is 5.69. The van der Waals surface area contributed by atoms with Crippen molar-refractivity contribution in [3.05, 3.63) is 208 Å². The normalized spacial score (nSPS) is 29.7. The summed E-state index contributed by atoms with van der Waals surface area (Å²) in [5, 5.41) is 0. The van der Waals surface area contributed by atoms with Crippen LogP contribution in [0, 0.1) is 41.5 Å². The van der Waals surface area contributed by atoms with Crippen LogP contribution in [0.1, 0.15) is 135 Å². The highest BCUT2D eigenvalue weighted by Crippen LogP contribution is 2.65. The van der Waals surface area contributed by atoms with Gasteiger partial charge in [0.05, 0.1) is 58.2 Å². The highest BCUT2D eigenvalue weighted by atomic mass is 32.7. The largest absolute Gasteiger partial charge is 0.386 e. The Bertz CT molecular complexity index is 7320. The fourth-order valence-corrected chi connectivity index (χ4v) is 26.6. The van der Waals surface area contributed by atoms with E-state index in [1.807, 2.05) is 0 Å². The molecule has 143 heavy (non-hydrogen) atoms. The molecule has 8 aromatic heterocycles. The Balaban J connectivity index is 0.633. The Morgan fingerprint density at radius 2 is 0.510 bits per heavy atom. The van der Waals surface area contributed by atoms with Crippen LogP contribution in [0.3, 0.4) is 0 Å². The summed E-state index contributed by atoms with van der Waals surface area (Å²) in [5.41, 5.74) is -3.30. The Morgan fingerprint density at radius 3 is 0.720 bits per heavy atom. The van der Waals surface area contributed by atoms with Gasteiger partial charge in [0, 0.05) is 123 Å². The lowest BCUT2D eigenvalue weighted by molar-refractivity contribution is -0.0542. The highest BCUT2D eigenvalue weighted by Gasteiger charge is 2.53. The standard InChI is InChI=1S/C72H96N17O40P7S7/c1-9-37-38(10-51(116-37)83-17-31(2)61(90)77-67(83)96)124-131(103,138)110-28-50-44(16-57(122-50)89-30-76-58-59(73)74-29-75-60(58)89)129-136(108,143)115-27-49-43(15-56(121-49)88-22-36(7)66(95)82-72(88)101)128-135(107,142)114-26-48-42(14-55(120-48)87-21-35(6)65(94)81-71(87)100)127-134(106,141)113-25-47-41(13-54(119-47)86-20-34(5)64(93)80-70(86)99)126-133(105,140)112-24-46-40(12-53(118-46)85-19-33(4)63(92)79-69(85)98)125-132(104,139)111-23-45-39(123-130(102,137)109-8)11-52(117-45)84-18-32(3)62(91)78-68(84)97/h17-22,29-30,37-57H,9-16,23-28H2,1-8H3,(H,102,137)(H,103,138)(H,104,139)(H,105,140)(H,106,141)(H,107,142)(H,108,143)(H2,73,74,75)(H,77,90,96)(H,78,91,97)(H,79,92,98)(H,80,93,99)(H,81,94,100)(H,82,95,101)/t37-,38-,39-,40-,41-,42-,43-,44-,45-,46-,47-,48-,49-,50-,51-,52-,53-,54-,55-,56-,57-,130?,131?,132?,133?,134?,135?,136?/m1/s1. The first-order chi connectivity index (χ1) is 67.1. The summed E-state index contributed by atoms with van der Waals surface area (Å²) < 4.78 is 234. The fraction of sp³-hybridized carbons (Fsp3) is 0.597. The number of nitrogens with zero attached hydrogens (tertiary/aromatic N) is 10. The lowest BCUT2D eigenvalue weighted by Crippen LogP contribution is -2.33. The van der Waals surface area contributed by atoms with E-state index in [-0.39, 0.29) is 76.0 Å². The fourth-order valence-electron chi connectivity index (χ4n) is 16.4. The molecule has 7 aliphatic rings. The molecule has 0 bridgehead atoms. The number of nitrogens with two attached hydrogens (primary N) is 1. The number of hydrogen-bond acceptors (Lipinski definition) is 44. The van der Waals surface area contributed by atoms with Crippen LogP contribution >= 0.6 is 133 Å². The number of nitrogens with one attached hydrogen (secondary N) is 6. The Labute approximate surface area is 839 Å². The third-order valence-electron chi connectivity index (χ3n) is 23.6. The van der Waals surface area contributed by atoms with Crippen molar-refractivity contribution in [2.75, 3.05) is 52.5 Å². The van der Waals surface area contributed by atoms with Gasteiger partial charge in [-0.05, 0) is 48.0 Å². The molecule has 0 amide bonds. The SMILES string of the molecule is CC[C@H]1O[C@@H](n2cc(C)c(=O)[nH]c2=O)C[C@H]1OP(=O)(S)OC[C@H]1O[C@@H](n2cnc3c(N)ncnc32)C[C@H]1OP(=O)(S)OC[C@H]1O[C@@H](n2cc(C)c(=O)[nH]c2=O)C[C@H]1OP(=O)(S)OC[C@H]1O[C@@H](n2cc(C)c(=O)[nH]c2=O)C[C@H]1OP(=O)(S)OC[C@H]1O[C@@H](n2cc(C)c(=O)[nH]c2=O)C[C@H]1OP(=O)(S)OC[C@H]1O[C@@H](n2cc(C)c(=O)[nH]c2=O)C[C@H]1OP(=O)(S)OC[C@H]1O[C@@H](n2cc(C)c(=O)[nH]c2=O)C[C@H]1OP(=O)(S)OC. The van der Waals surface area contributed by atoms with Crippen molar-refractivity contribution in [1.82, 2.24) is 76.8 Å². The minimum Gasteiger partial charge on any atom is -0.382 e. The number of aromatic nitrogens is 16. The minimum absolute atomic E-state index is 0.00220. The average molecular weight is 2280 g/mol. The van der Waals surface area contributed by atoms with Crippen LogP contribution in [0.15, 0.2) is 107 Å². The zero-order valence-corrected chi connectivity index (χ0v) is 88.3. The third kappa shape index (κ3) is 26.8. The molecule has 28 atom stereocenters. The molecule has 786 valence electrons. The molecule has 0 radical (unpaired) electrons. The molecule has 7 aliphatic heterocycles. The summed E-state index contributed by atoms with van der Waals surface area (Å²) in [6.07, 6.45) is -21.5. The molecule has 0 saturated carbocycles. The number of ether oxygens (including phenoxy) is 7. The van der Waals surface area contributed by atoms with E-state index in [0.717, 1.165) is 59.3 Å². The quantitative estimate of drug-likeness (QED) is 0.0162. The summed E-state index contributed by atoms with van der Waals surface area (Å²) in [4.78, 5) is 181. The third-order valence-corrected chi connectivity index (χ3v) is 35.2. The molecule has 0 aliphatic carbocycles. The molecule has 8 aromatic rings. The van der Waals surface area contributed by atoms with E-state index in [4.69, 9.17) is 102 Å². The van der Waals surface area contributed by atoms with E-state index in [1.54, 1.807) is 6.92 Å². The molecule has 7 unspecified atom stereocenters. The number of rotatable bonds is 41. The van der Waals surface area contributed by atoms with E-state index in [1.165, 1.54) is 71.2 Å². The van der Waals surface area contributed by atoms with E-state index < -0.39 is 309 Å². The lowest BCUT2D eigenvalue weighted by atomic mass is 10.1. The van der Waals surface area contributed by atoms with Crippen LogP contribution in [0.2, 0.25) is 0 Å². The minimum atomic E-state index is -4.98. The molecule has 15 heterocycles. The number of aromatic amines is 6. The van der Waals surface area contributed by atoms with Crippen LogP contribution in [0.4, 0.5) is 5.82 Å². The molecule has 71 heteroatoms. The number of imidazole rings is 1. The van der Waals surface area contributed by atoms with Gasteiger partial charge in [0.2, 0.25) is 0 Å². The second-order valence-electron chi connectivity index (χ2n) is 33.7. The van der Waals surface area contributed by atoms with Gasteiger partial charge in [-0.2, -0.15) is 0 Å². The van der Waals surface area contributed by atoms with Gasteiger partial charge in [-0.1, -0.05) is 92.7 Å². The molecular weight excluding hydrogens is 2180 g/mol. The number of thiol groups is 7. The van der Waals surface area contributed by atoms with Gasteiger partial charge in [-0.25, -0.2) is 75.7 Å². The zero-order chi connectivity index (χ0) is 104. The first-order valence-electron chi connectivity index (χ1n) is 43.0. The second kappa shape index (κ2) is 44.7. The summed E-state index contributed by atoms with van der Waals surface area (Å²) in [5.74, 6) is 0.00220. The van der Waals surface area contributed by atoms with Crippen molar-refractivity contribution in [2.45, 2.75) is 229 Å². The van der Waals surface area contributed by atoms with Crippen LogP contribution in [-0.4, -0.2) is 209 Å².